The Morgan fingerprint density at radius 3 is 2.58 bits per heavy atom. The van der Waals surface area contributed by atoms with Gasteiger partial charge in [-0.15, -0.1) is 0 Å². The van der Waals surface area contributed by atoms with Gasteiger partial charge in [0.2, 0.25) is 0 Å². The zero-order valence-electron chi connectivity index (χ0n) is 13.1. The van der Waals surface area contributed by atoms with Crippen molar-refractivity contribution in [3.63, 3.8) is 0 Å². The van der Waals surface area contributed by atoms with Crippen LogP contribution in [0, 0.1) is 0 Å². The van der Waals surface area contributed by atoms with Gasteiger partial charge in [-0.05, 0) is 51.2 Å². The smallest absolute Gasteiger partial charge is 0.0309 e. The summed E-state index contributed by atoms with van der Waals surface area (Å²) >= 11 is 2.08. The number of piperazine rings is 1. The summed E-state index contributed by atoms with van der Waals surface area (Å²) in [5.74, 6) is 2.58. The maximum absolute atomic E-state index is 3.91. The normalized spacial score (nSPS) is 26.7. The minimum atomic E-state index is 0.333. The van der Waals surface area contributed by atoms with Crippen molar-refractivity contribution >= 4 is 11.8 Å². The second kappa shape index (κ2) is 6.82. The third-order valence-corrected chi connectivity index (χ3v) is 5.96. The Kier molecular flexibility index (Phi) is 5.62. The van der Waals surface area contributed by atoms with Crippen molar-refractivity contribution in [2.75, 3.05) is 31.1 Å². The molecule has 3 heteroatoms. The zero-order chi connectivity index (χ0) is 13.8. The van der Waals surface area contributed by atoms with Crippen LogP contribution in [0.3, 0.4) is 0 Å². The fourth-order valence-electron chi connectivity index (χ4n) is 3.60. The van der Waals surface area contributed by atoms with Crippen LogP contribution in [-0.4, -0.2) is 47.1 Å². The van der Waals surface area contributed by atoms with Crippen molar-refractivity contribution in [1.82, 2.24) is 10.2 Å². The Hall–Kier alpha value is 0.270. The van der Waals surface area contributed by atoms with Crippen LogP contribution in [0.2, 0.25) is 0 Å². The number of nitrogens with one attached hydrogen (secondary N) is 1. The molecule has 1 spiro atoms. The highest BCUT2D eigenvalue weighted by molar-refractivity contribution is 7.99. The van der Waals surface area contributed by atoms with Crippen LogP contribution in [0.1, 0.15) is 59.3 Å². The van der Waals surface area contributed by atoms with Gasteiger partial charge >= 0.3 is 0 Å². The Morgan fingerprint density at radius 2 is 1.89 bits per heavy atom. The van der Waals surface area contributed by atoms with Gasteiger partial charge in [0.05, 0.1) is 0 Å². The SMILES string of the molecule is CCSCCCN1CC2(CCCCC2)NCC1(C)C. The summed E-state index contributed by atoms with van der Waals surface area (Å²) in [5, 5.41) is 3.91. The van der Waals surface area contributed by atoms with E-state index in [1.165, 1.54) is 63.1 Å². The summed E-state index contributed by atoms with van der Waals surface area (Å²) in [4.78, 5) is 2.77. The topological polar surface area (TPSA) is 15.3 Å². The Morgan fingerprint density at radius 1 is 1.16 bits per heavy atom. The first kappa shape index (κ1) is 15.7. The summed E-state index contributed by atoms with van der Waals surface area (Å²) in [6.45, 7) is 10.8. The van der Waals surface area contributed by atoms with E-state index >= 15 is 0 Å². The third kappa shape index (κ3) is 4.12. The van der Waals surface area contributed by atoms with Crippen molar-refractivity contribution < 1.29 is 0 Å². The predicted octanol–water partition coefficient (Wildman–Crippen LogP) is 3.52. The van der Waals surface area contributed by atoms with E-state index in [-0.39, 0.29) is 0 Å². The lowest BCUT2D eigenvalue weighted by Gasteiger charge is -2.53. The maximum Gasteiger partial charge on any atom is 0.0309 e. The van der Waals surface area contributed by atoms with E-state index in [1.807, 2.05) is 0 Å². The molecule has 1 aliphatic carbocycles. The Bertz CT molecular complexity index is 272. The highest BCUT2D eigenvalue weighted by Gasteiger charge is 2.42. The number of rotatable bonds is 5. The van der Waals surface area contributed by atoms with E-state index < -0.39 is 0 Å². The standard InChI is InChI=1S/C16H32N2S/c1-4-19-12-8-11-18-14-16(9-6-5-7-10-16)17-13-15(18,2)3/h17H,4-14H2,1-3H3. The fraction of sp³-hybridized carbons (Fsp3) is 1.00. The molecule has 0 aromatic carbocycles. The molecular weight excluding hydrogens is 252 g/mol. The molecule has 2 rings (SSSR count). The van der Waals surface area contributed by atoms with E-state index in [0.717, 1.165) is 6.54 Å². The Labute approximate surface area is 124 Å². The van der Waals surface area contributed by atoms with Gasteiger partial charge in [0.25, 0.3) is 0 Å². The lowest BCUT2D eigenvalue weighted by molar-refractivity contribution is 0.0112. The fourth-order valence-corrected chi connectivity index (χ4v) is 4.22. The van der Waals surface area contributed by atoms with Crippen molar-refractivity contribution in [1.29, 1.82) is 0 Å². The minimum Gasteiger partial charge on any atom is -0.308 e. The molecule has 1 N–H and O–H groups in total. The molecule has 112 valence electrons. The van der Waals surface area contributed by atoms with Gasteiger partial charge in [-0.25, -0.2) is 0 Å². The first-order chi connectivity index (χ1) is 9.08. The molecule has 2 fully saturated rings. The van der Waals surface area contributed by atoms with Gasteiger partial charge in [-0.2, -0.15) is 11.8 Å². The number of hydrogen-bond acceptors (Lipinski definition) is 3. The summed E-state index contributed by atoms with van der Waals surface area (Å²) in [6, 6.07) is 0. The number of nitrogens with zero attached hydrogens (tertiary/aromatic N) is 1. The third-order valence-electron chi connectivity index (χ3n) is 4.98. The van der Waals surface area contributed by atoms with Gasteiger partial charge in [0.15, 0.2) is 0 Å². The van der Waals surface area contributed by atoms with E-state index in [1.54, 1.807) is 0 Å². The Balaban J connectivity index is 1.89. The lowest BCUT2D eigenvalue weighted by atomic mass is 9.77. The van der Waals surface area contributed by atoms with Gasteiger partial charge in [-0.3, -0.25) is 4.90 Å². The number of thioether (sulfide) groups is 1. The molecule has 1 saturated carbocycles. The lowest BCUT2D eigenvalue weighted by Crippen LogP contribution is -2.68. The second-order valence-corrected chi connectivity index (χ2v) is 8.37. The zero-order valence-corrected chi connectivity index (χ0v) is 14.0. The molecular formula is C16H32N2S. The highest BCUT2D eigenvalue weighted by atomic mass is 32.2. The monoisotopic (exact) mass is 284 g/mol. The average Bonchev–Trinajstić information content (AvgIpc) is 2.40. The molecule has 1 aliphatic heterocycles. The first-order valence-corrected chi connectivity index (χ1v) is 9.31. The van der Waals surface area contributed by atoms with Crippen LogP contribution in [0.5, 0.6) is 0 Å². The molecule has 0 bridgehead atoms. The quantitative estimate of drug-likeness (QED) is 0.778. The summed E-state index contributed by atoms with van der Waals surface area (Å²) < 4.78 is 0. The van der Waals surface area contributed by atoms with E-state index in [4.69, 9.17) is 0 Å². The van der Waals surface area contributed by atoms with Crippen LogP contribution >= 0.6 is 11.8 Å². The molecule has 0 unspecified atom stereocenters. The molecule has 2 aliphatic rings. The first-order valence-electron chi connectivity index (χ1n) is 8.16. The van der Waals surface area contributed by atoms with Gasteiger partial charge < -0.3 is 5.32 Å². The van der Waals surface area contributed by atoms with Crippen molar-refractivity contribution in [3.05, 3.63) is 0 Å². The van der Waals surface area contributed by atoms with Crippen molar-refractivity contribution in [2.24, 2.45) is 0 Å². The highest BCUT2D eigenvalue weighted by Crippen LogP contribution is 2.34. The van der Waals surface area contributed by atoms with Crippen LogP contribution in [-0.2, 0) is 0 Å². The van der Waals surface area contributed by atoms with Gasteiger partial charge in [0, 0.05) is 24.2 Å². The maximum atomic E-state index is 3.91. The van der Waals surface area contributed by atoms with E-state index in [9.17, 15) is 0 Å². The molecule has 0 amide bonds. The molecule has 19 heavy (non-hydrogen) atoms. The summed E-state index contributed by atoms with van der Waals surface area (Å²) in [6.07, 6.45) is 8.42. The molecule has 0 aromatic rings. The largest absolute Gasteiger partial charge is 0.308 e. The number of hydrogen-bond donors (Lipinski definition) is 1. The molecule has 2 nitrogen and oxygen atoms in total. The summed E-state index contributed by atoms with van der Waals surface area (Å²) in [5.41, 5.74) is 0.783. The van der Waals surface area contributed by atoms with Crippen LogP contribution in [0.4, 0.5) is 0 Å². The molecule has 1 saturated heterocycles. The van der Waals surface area contributed by atoms with Gasteiger partial charge in [-0.1, -0.05) is 26.2 Å². The van der Waals surface area contributed by atoms with Crippen molar-refractivity contribution in [3.8, 4) is 0 Å². The minimum absolute atomic E-state index is 0.333. The molecule has 0 atom stereocenters. The second-order valence-electron chi connectivity index (χ2n) is 6.98. The molecule has 1 heterocycles. The van der Waals surface area contributed by atoms with Crippen molar-refractivity contribution in [2.45, 2.75) is 70.4 Å². The predicted molar refractivity (Wildman–Crippen MR) is 87.1 cm³/mol. The average molecular weight is 285 g/mol. The van der Waals surface area contributed by atoms with Crippen LogP contribution in [0.15, 0.2) is 0 Å². The van der Waals surface area contributed by atoms with Crippen LogP contribution < -0.4 is 5.32 Å². The van der Waals surface area contributed by atoms with E-state index in [0.29, 0.717) is 11.1 Å². The summed E-state index contributed by atoms with van der Waals surface area (Å²) in [7, 11) is 0. The van der Waals surface area contributed by atoms with E-state index in [2.05, 4.69) is 42.7 Å². The molecule has 0 radical (unpaired) electrons. The van der Waals surface area contributed by atoms with Gasteiger partial charge in [0.1, 0.15) is 0 Å². The molecule has 0 aromatic heterocycles. The van der Waals surface area contributed by atoms with Crippen LogP contribution in [0.25, 0.3) is 0 Å².